The first-order valence-electron chi connectivity index (χ1n) is 13.4. The molecule has 206 valence electrons. The molecule has 1 aromatic heterocycles. The van der Waals surface area contributed by atoms with E-state index < -0.39 is 16.6 Å². The minimum absolute atomic E-state index is 0.169. The number of pyridine rings is 1. The van der Waals surface area contributed by atoms with Gasteiger partial charge in [0.2, 0.25) is 0 Å². The van der Waals surface area contributed by atoms with E-state index in [4.69, 9.17) is 27.9 Å². The Bertz CT molecular complexity index is 1300. The van der Waals surface area contributed by atoms with Crippen molar-refractivity contribution in [2.45, 2.75) is 61.6 Å². The van der Waals surface area contributed by atoms with Gasteiger partial charge >= 0.3 is 6.09 Å². The Morgan fingerprint density at radius 3 is 2.51 bits per heavy atom. The highest BCUT2D eigenvalue weighted by Crippen LogP contribution is 2.50. The van der Waals surface area contributed by atoms with Crippen molar-refractivity contribution >= 4 is 35.0 Å². The fourth-order valence-corrected chi connectivity index (χ4v) is 6.70. The standard InChI is InChI=1S/C31H35Cl2N3O3/c1-30(2,3)39-29(37)36-17-9-12-22(19-36)31(38,25-13-7-8-16-34-25)21-14-15-24-23(18-21)27(32)26(28(33)35-24)20-10-5-4-6-11-20/h4-8,10-11,13-16,18,22,26-28,35,38H,9,12,17,19H2,1-3H3. The first-order chi connectivity index (χ1) is 18.6. The summed E-state index contributed by atoms with van der Waals surface area (Å²) in [7, 11) is 0. The molecule has 0 bridgehead atoms. The summed E-state index contributed by atoms with van der Waals surface area (Å²) < 4.78 is 5.65. The average Bonchev–Trinajstić information content (AvgIpc) is 2.93. The van der Waals surface area contributed by atoms with Gasteiger partial charge in [-0.25, -0.2) is 4.79 Å². The summed E-state index contributed by atoms with van der Waals surface area (Å²) in [5.41, 5.74) is 1.53. The summed E-state index contributed by atoms with van der Waals surface area (Å²) in [5.74, 6) is -0.472. The second-order valence-electron chi connectivity index (χ2n) is 11.4. The van der Waals surface area contributed by atoms with Crippen molar-refractivity contribution in [3.8, 4) is 0 Å². The molecular weight excluding hydrogens is 533 g/mol. The molecule has 3 aromatic rings. The van der Waals surface area contributed by atoms with Crippen LogP contribution in [0.3, 0.4) is 0 Å². The predicted octanol–water partition coefficient (Wildman–Crippen LogP) is 7.02. The number of nitrogens with zero attached hydrogens (tertiary/aromatic N) is 2. The molecule has 2 aliphatic heterocycles. The van der Waals surface area contributed by atoms with Crippen molar-refractivity contribution in [3.05, 3.63) is 95.3 Å². The Morgan fingerprint density at radius 2 is 1.82 bits per heavy atom. The maximum Gasteiger partial charge on any atom is 0.410 e. The molecule has 1 saturated heterocycles. The van der Waals surface area contributed by atoms with E-state index in [2.05, 4.69) is 10.3 Å². The minimum Gasteiger partial charge on any atom is -0.444 e. The van der Waals surface area contributed by atoms with Crippen LogP contribution in [-0.4, -0.2) is 45.3 Å². The molecule has 1 fully saturated rings. The third-order valence-electron chi connectivity index (χ3n) is 7.62. The van der Waals surface area contributed by atoms with Crippen molar-refractivity contribution in [1.29, 1.82) is 0 Å². The zero-order valence-electron chi connectivity index (χ0n) is 22.5. The Morgan fingerprint density at radius 1 is 1.08 bits per heavy atom. The normalized spacial score (nSPS) is 24.7. The summed E-state index contributed by atoms with van der Waals surface area (Å²) in [6.07, 6.45) is 2.78. The number of ether oxygens (including phenoxy) is 1. The van der Waals surface area contributed by atoms with Gasteiger partial charge in [0.15, 0.2) is 0 Å². The average molecular weight is 569 g/mol. The lowest BCUT2D eigenvalue weighted by Gasteiger charge is -2.43. The second-order valence-corrected chi connectivity index (χ2v) is 12.4. The monoisotopic (exact) mass is 567 g/mol. The van der Waals surface area contributed by atoms with Gasteiger partial charge in [0.1, 0.15) is 16.7 Å². The summed E-state index contributed by atoms with van der Waals surface area (Å²) in [6.45, 7) is 6.49. The Labute approximate surface area is 240 Å². The zero-order chi connectivity index (χ0) is 27.8. The van der Waals surface area contributed by atoms with E-state index >= 15 is 0 Å². The first-order valence-corrected chi connectivity index (χ1v) is 14.3. The number of benzene rings is 2. The van der Waals surface area contributed by atoms with Crippen LogP contribution in [0, 0.1) is 5.92 Å². The maximum absolute atomic E-state index is 13.0. The molecule has 0 spiro atoms. The van der Waals surface area contributed by atoms with Gasteiger partial charge in [0.25, 0.3) is 0 Å². The smallest absolute Gasteiger partial charge is 0.410 e. The summed E-state index contributed by atoms with van der Waals surface area (Å²) >= 11 is 13.9. The number of carbonyl (C=O) groups excluding carboxylic acids is 1. The van der Waals surface area contributed by atoms with Crippen LogP contribution in [-0.2, 0) is 10.3 Å². The molecular formula is C31H35Cl2N3O3. The van der Waals surface area contributed by atoms with Crippen LogP contribution in [0.2, 0.25) is 0 Å². The fraction of sp³-hybridized carbons (Fsp3) is 0.419. The number of hydrogen-bond acceptors (Lipinski definition) is 5. The molecule has 2 aliphatic rings. The number of piperidine rings is 1. The van der Waals surface area contributed by atoms with E-state index in [-0.39, 0.29) is 23.4 Å². The third-order valence-corrected chi connectivity index (χ3v) is 8.50. The summed E-state index contributed by atoms with van der Waals surface area (Å²) in [5, 5.41) is 15.6. The van der Waals surface area contributed by atoms with Crippen LogP contribution >= 0.6 is 23.2 Å². The number of aromatic nitrogens is 1. The summed E-state index contributed by atoms with van der Waals surface area (Å²) in [6, 6.07) is 21.3. The quantitative estimate of drug-likeness (QED) is 0.262. The number of halogens is 2. The molecule has 8 heteroatoms. The first kappa shape index (κ1) is 27.8. The number of amides is 1. The van der Waals surface area contributed by atoms with Crippen molar-refractivity contribution in [1.82, 2.24) is 9.88 Å². The number of anilines is 1. The zero-order valence-corrected chi connectivity index (χ0v) is 24.0. The van der Waals surface area contributed by atoms with Gasteiger partial charge in [0, 0.05) is 36.8 Å². The fourth-order valence-electron chi connectivity index (χ4n) is 5.74. The number of alkyl halides is 2. The minimum atomic E-state index is -1.45. The topological polar surface area (TPSA) is 74.7 Å². The van der Waals surface area contributed by atoms with Crippen LogP contribution in [0.15, 0.2) is 72.9 Å². The van der Waals surface area contributed by atoms with Gasteiger partial charge in [0.05, 0.1) is 11.1 Å². The molecule has 5 atom stereocenters. The molecule has 5 unspecified atom stereocenters. The number of aliphatic hydroxyl groups is 1. The van der Waals surface area contributed by atoms with Crippen molar-refractivity contribution < 1.29 is 14.6 Å². The molecule has 39 heavy (non-hydrogen) atoms. The van der Waals surface area contributed by atoms with Crippen LogP contribution in [0.25, 0.3) is 0 Å². The second kappa shape index (κ2) is 11.0. The van der Waals surface area contributed by atoms with E-state index in [0.717, 1.165) is 29.7 Å². The number of fused-ring (bicyclic) bond motifs is 1. The van der Waals surface area contributed by atoms with Gasteiger partial charge in [-0.05, 0) is 74.6 Å². The molecule has 1 amide bonds. The Kier molecular flexibility index (Phi) is 7.82. The lowest BCUT2D eigenvalue weighted by molar-refractivity contribution is -0.0324. The third kappa shape index (κ3) is 5.60. The van der Waals surface area contributed by atoms with Crippen LogP contribution in [0.5, 0.6) is 0 Å². The Balaban J connectivity index is 1.54. The molecule has 2 N–H and O–H groups in total. The molecule has 6 nitrogen and oxygen atoms in total. The number of carbonyl (C=O) groups is 1. The lowest BCUT2D eigenvalue weighted by Crippen LogP contribution is -2.50. The van der Waals surface area contributed by atoms with Crippen LogP contribution in [0.4, 0.5) is 10.5 Å². The highest BCUT2D eigenvalue weighted by atomic mass is 35.5. The largest absolute Gasteiger partial charge is 0.444 e. The highest BCUT2D eigenvalue weighted by molar-refractivity contribution is 6.26. The predicted molar refractivity (Wildman–Crippen MR) is 155 cm³/mol. The van der Waals surface area contributed by atoms with Crippen LogP contribution in [0.1, 0.15) is 67.3 Å². The maximum atomic E-state index is 13.0. The number of hydrogen-bond donors (Lipinski definition) is 2. The van der Waals surface area contributed by atoms with E-state index in [1.165, 1.54) is 0 Å². The van der Waals surface area contributed by atoms with Crippen molar-refractivity contribution in [2.24, 2.45) is 5.92 Å². The van der Waals surface area contributed by atoms with Gasteiger partial charge in [-0.15, -0.1) is 11.6 Å². The highest BCUT2D eigenvalue weighted by Gasteiger charge is 2.46. The SMILES string of the molecule is CC(C)(C)OC(=O)N1CCCC(C(O)(c2ccc3c(c2)C(Cl)C(c2ccccc2)C(Cl)N3)c2ccccn2)C1. The van der Waals surface area contributed by atoms with Gasteiger partial charge in [-0.3, -0.25) is 4.98 Å². The number of nitrogens with one attached hydrogen (secondary N) is 1. The summed E-state index contributed by atoms with van der Waals surface area (Å²) in [4.78, 5) is 19.2. The molecule has 0 aliphatic carbocycles. The van der Waals surface area contributed by atoms with E-state index in [1.54, 1.807) is 11.1 Å². The molecule has 2 aromatic carbocycles. The molecule has 5 rings (SSSR count). The van der Waals surface area contributed by atoms with Crippen LogP contribution < -0.4 is 5.32 Å². The molecule has 3 heterocycles. The molecule has 0 radical (unpaired) electrons. The van der Waals surface area contributed by atoms with Gasteiger partial charge in [-0.2, -0.15) is 0 Å². The molecule has 0 saturated carbocycles. The van der Waals surface area contributed by atoms with E-state index in [0.29, 0.717) is 24.3 Å². The van der Waals surface area contributed by atoms with E-state index in [1.807, 2.05) is 87.5 Å². The number of rotatable bonds is 4. The van der Waals surface area contributed by atoms with Crippen molar-refractivity contribution in [3.63, 3.8) is 0 Å². The van der Waals surface area contributed by atoms with Crippen molar-refractivity contribution in [2.75, 3.05) is 18.4 Å². The van der Waals surface area contributed by atoms with Gasteiger partial charge in [-0.1, -0.05) is 54.1 Å². The number of likely N-dealkylation sites (tertiary alicyclic amines) is 1. The Hall–Kier alpha value is -2.80. The van der Waals surface area contributed by atoms with Gasteiger partial charge < -0.3 is 20.1 Å². The lowest BCUT2D eigenvalue weighted by atomic mass is 9.73. The van der Waals surface area contributed by atoms with E-state index in [9.17, 15) is 9.90 Å².